The summed E-state index contributed by atoms with van der Waals surface area (Å²) in [6.45, 7) is 10.6. The minimum atomic E-state index is -0.230. The van der Waals surface area contributed by atoms with Crippen LogP contribution in [0.25, 0.3) is 0 Å². The van der Waals surface area contributed by atoms with Crippen LogP contribution in [0.2, 0.25) is 0 Å². The smallest absolute Gasteiger partial charge is 0.330 e. The van der Waals surface area contributed by atoms with E-state index in [1.165, 1.54) is 11.1 Å². The van der Waals surface area contributed by atoms with E-state index in [-0.39, 0.29) is 5.97 Å². The summed E-state index contributed by atoms with van der Waals surface area (Å²) in [6.07, 6.45) is 8.70. The van der Waals surface area contributed by atoms with E-state index in [2.05, 4.69) is 39.8 Å². The second kappa shape index (κ2) is 9.69. The third-order valence-corrected chi connectivity index (χ3v) is 2.40. The molecule has 0 aliphatic carbocycles. The summed E-state index contributed by atoms with van der Waals surface area (Å²) in [6, 6.07) is 0. The van der Waals surface area contributed by atoms with Gasteiger partial charge in [-0.1, -0.05) is 28.9 Å². The SMILES string of the molecule is CCOC(=O)/C=C(\CC=C(C)C)CCC=C(C)C. The molecule has 18 heavy (non-hydrogen) atoms. The molecule has 0 radical (unpaired) electrons. The lowest BCUT2D eigenvalue weighted by atomic mass is 10.0. The van der Waals surface area contributed by atoms with Gasteiger partial charge in [-0.05, 0) is 53.9 Å². The zero-order valence-electron chi connectivity index (χ0n) is 12.4. The Bertz CT molecular complexity index is 338. The first-order valence-corrected chi connectivity index (χ1v) is 6.58. The maximum atomic E-state index is 11.5. The maximum Gasteiger partial charge on any atom is 0.330 e. The van der Waals surface area contributed by atoms with Crippen LogP contribution in [0.5, 0.6) is 0 Å². The summed E-state index contributed by atoms with van der Waals surface area (Å²) in [5, 5.41) is 0. The Labute approximate surface area is 111 Å². The van der Waals surface area contributed by atoms with E-state index in [1.807, 2.05) is 6.92 Å². The molecule has 0 unspecified atom stereocenters. The lowest BCUT2D eigenvalue weighted by Crippen LogP contribution is -2.01. The molecule has 0 heterocycles. The highest BCUT2D eigenvalue weighted by atomic mass is 16.5. The molecule has 2 heteroatoms. The minimum absolute atomic E-state index is 0.230. The lowest BCUT2D eigenvalue weighted by Gasteiger charge is -2.04. The zero-order valence-corrected chi connectivity index (χ0v) is 12.4. The highest BCUT2D eigenvalue weighted by Gasteiger charge is 2.01. The van der Waals surface area contributed by atoms with Gasteiger partial charge in [0.1, 0.15) is 0 Å². The summed E-state index contributed by atoms with van der Waals surface area (Å²) >= 11 is 0. The summed E-state index contributed by atoms with van der Waals surface area (Å²) in [4.78, 5) is 11.5. The van der Waals surface area contributed by atoms with E-state index in [0.717, 1.165) is 24.8 Å². The van der Waals surface area contributed by atoms with Crippen LogP contribution in [0.1, 0.15) is 53.9 Å². The fourth-order valence-corrected chi connectivity index (χ4v) is 1.47. The van der Waals surface area contributed by atoms with Gasteiger partial charge in [0, 0.05) is 6.08 Å². The predicted molar refractivity (Wildman–Crippen MR) is 77.4 cm³/mol. The highest BCUT2D eigenvalue weighted by Crippen LogP contribution is 2.14. The van der Waals surface area contributed by atoms with Gasteiger partial charge in [-0.2, -0.15) is 0 Å². The van der Waals surface area contributed by atoms with Crippen molar-refractivity contribution in [1.82, 2.24) is 0 Å². The van der Waals surface area contributed by atoms with Crippen molar-refractivity contribution in [3.63, 3.8) is 0 Å². The Morgan fingerprint density at radius 1 is 1.06 bits per heavy atom. The molecule has 0 rings (SSSR count). The van der Waals surface area contributed by atoms with E-state index in [0.29, 0.717) is 6.61 Å². The van der Waals surface area contributed by atoms with E-state index in [9.17, 15) is 4.79 Å². The topological polar surface area (TPSA) is 26.3 Å². The van der Waals surface area contributed by atoms with Gasteiger partial charge in [-0.15, -0.1) is 0 Å². The molecule has 0 saturated carbocycles. The van der Waals surface area contributed by atoms with Crippen LogP contribution in [0, 0.1) is 0 Å². The molecule has 0 aliphatic rings. The van der Waals surface area contributed by atoms with Crippen molar-refractivity contribution in [2.24, 2.45) is 0 Å². The molecule has 0 fully saturated rings. The summed E-state index contributed by atoms with van der Waals surface area (Å²) < 4.78 is 4.96. The number of carbonyl (C=O) groups is 1. The van der Waals surface area contributed by atoms with Crippen molar-refractivity contribution in [2.45, 2.75) is 53.9 Å². The molecule has 0 aromatic rings. The average Bonchev–Trinajstić information content (AvgIpc) is 2.25. The van der Waals surface area contributed by atoms with Crippen LogP contribution in [0.15, 0.2) is 34.9 Å². The Balaban J connectivity index is 4.56. The highest BCUT2D eigenvalue weighted by molar-refractivity contribution is 5.82. The van der Waals surface area contributed by atoms with Crippen LogP contribution in [-0.4, -0.2) is 12.6 Å². The van der Waals surface area contributed by atoms with Gasteiger partial charge in [0.25, 0.3) is 0 Å². The van der Waals surface area contributed by atoms with Crippen molar-refractivity contribution < 1.29 is 9.53 Å². The largest absolute Gasteiger partial charge is 0.463 e. The molecule has 0 saturated heterocycles. The molecule has 0 spiro atoms. The zero-order chi connectivity index (χ0) is 14.0. The van der Waals surface area contributed by atoms with Gasteiger partial charge in [-0.25, -0.2) is 4.79 Å². The van der Waals surface area contributed by atoms with Crippen LogP contribution < -0.4 is 0 Å². The first-order valence-electron chi connectivity index (χ1n) is 6.58. The van der Waals surface area contributed by atoms with E-state index in [1.54, 1.807) is 6.08 Å². The molecule has 0 aliphatic heterocycles. The molecular formula is C16H26O2. The normalized spacial score (nSPS) is 10.8. The van der Waals surface area contributed by atoms with Crippen molar-refractivity contribution in [2.75, 3.05) is 6.61 Å². The quantitative estimate of drug-likeness (QED) is 0.375. The predicted octanol–water partition coefficient (Wildman–Crippen LogP) is 4.58. The number of esters is 1. The first kappa shape index (κ1) is 16.7. The van der Waals surface area contributed by atoms with Gasteiger partial charge in [0.2, 0.25) is 0 Å². The van der Waals surface area contributed by atoms with Crippen LogP contribution in [-0.2, 0) is 9.53 Å². The molecule has 0 aromatic carbocycles. The first-order chi connectivity index (χ1) is 8.45. The standard InChI is InChI=1S/C16H26O2/c1-6-18-16(17)12-15(11-10-14(4)5)9-7-8-13(2)3/h8,10,12H,6-7,9,11H2,1-5H3/b15-12-. The number of rotatable bonds is 7. The number of ether oxygens (including phenoxy) is 1. The number of allylic oxidation sites excluding steroid dienone is 5. The van der Waals surface area contributed by atoms with E-state index >= 15 is 0 Å². The van der Waals surface area contributed by atoms with E-state index < -0.39 is 0 Å². The molecule has 0 aromatic heterocycles. The van der Waals surface area contributed by atoms with Gasteiger partial charge in [0.15, 0.2) is 0 Å². The van der Waals surface area contributed by atoms with Crippen molar-refractivity contribution >= 4 is 5.97 Å². The Kier molecular flexibility index (Phi) is 8.99. The fraction of sp³-hybridized carbons (Fsp3) is 0.562. The van der Waals surface area contributed by atoms with Gasteiger partial charge >= 0.3 is 5.97 Å². The Hall–Kier alpha value is -1.31. The van der Waals surface area contributed by atoms with Crippen LogP contribution in [0.4, 0.5) is 0 Å². The van der Waals surface area contributed by atoms with Crippen LogP contribution >= 0.6 is 0 Å². The number of carbonyl (C=O) groups excluding carboxylic acids is 1. The Morgan fingerprint density at radius 2 is 1.67 bits per heavy atom. The third kappa shape index (κ3) is 9.88. The molecule has 102 valence electrons. The maximum absolute atomic E-state index is 11.5. The molecular weight excluding hydrogens is 224 g/mol. The van der Waals surface area contributed by atoms with Gasteiger partial charge < -0.3 is 4.74 Å². The summed E-state index contributed by atoms with van der Waals surface area (Å²) in [5.41, 5.74) is 3.71. The molecule has 2 nitrogen and oxygen atoms in total. The average molecular weight is 250 g/mol. The second-order valence-electron chi connectivity index (χ2n) is 4.86. The van der Waals surface area contributed by atoms with Gasteiger partial charge in [0.05, 0.1) is 6.61 Å². The molecule has 0 amide bonds. The summed E-state index contributed by atoms with van der Waals surface area (Å²) in [7, 11) is 0. The van der Waals surface area contributed by atoms with Crippen molar-refractivity contribution in [1.29, 1.82) is 0 Å². The molecule has 0 atom stereocenters. The van der Waals surface area contributed by atoms with Crippen molar-refractivity contribution in [3.8, 4) is 0 Å². The molecule has 0 bridgehead atoms. The monoisotopic (exact) mass is 250 g/mol. The number of hydrogen-bond acceptors (Lipinski definition) is 2. The third-order valence-electron chi connectivity index (χ3n) is 2.40. The van der Waals surface area contributed by atoms with Crippen molar-refractivity contribution in [3.05, 3.63) is 34.9 Å². The minimum Gasteiger partial charge on any atom is -0.463 e. The van der Waals surface area contributed by atoms with E-state index in [4.69, 9.17) is 4.74 Å². The van der Waals surface area contributed by atoms with Crippen LogP contribution in [0.3, 0.4) is 0 Å². The summed E-state index contributed by atoms with van der Waals surface area (Å²) in [5.74, 6) is -0.230. The number of hydrogen-bond donors (Lipinski definition) is 0. The molecule has 0 N–H and O–H groups in total. The fourth-order valence-electron chi connectivity index (χ4n) is 1.47. The lowest BCUT2D eigenvalue weighted by molar-refractivity contribution is -0.137. The second-order valence-corrected chi connectivity index (χ2v) is 4.86. The van der Waals surface area contributed by atoms with Gasteiger partial charge in [-0.3, -0.25) is 0 Å². The Morgan fingerprint density at radius 3 is 2.17 bits per heavy atom.